The van der Waals surface area contributed by atoms with Gasteiger partial charge < -0.3 is 14.2 Å². The van der Waals surface area contributed by atoms with Gasteiger partial charge in [-0.3, -0.25) is 5.32 Å². The number of rotatable bonds is 1. The number of hydrogen-bond acceptors (Lipinski definition) is 4. The Morgan fingerprint density at radius 2 is 2.29 bits per heavy atom. The van der Waals surface area contributed by atoms with Crippen molar-refractivity contribution in [1.29, 1.82) is 0 Å². The van der Waals surface area contributed by atoms with Crippen LogP contribution in [-0.4, -0.2) is 42.4 Å². The Balaban J connectivity index is 1.88. The van der Waals surface area contributed by atoms with Crippen LogP contribution in [0.5, 0.6) is 0 Å². The predicted octanol–water partition coefficient (Wildman–Crippen LogP) is 0.539. The van der Waals surface area contributed by atoms with Crippen molar-refractivity contribution in [1.82, 2.24) is 10.1 Å². The Bertz CT molecular complexity index is 293. The van der Waals surface area contributed by atoms with Crippen molar-refractivity contribution in [3.8, 4) is 0 Å². The Hall–Kier alpha value is -1.56. The topological polar surface area (TPSA) is 67.6 Å². The van der Waals surface area contributed by atoms with Crippen LogP contribution in [0.15, 0.2) is 16.8 Å². The summed E-state index contributed by atoms with van der Waals surface area (Å²) >= 11 is 0. The van der Waals surface area contributed by atoms with E-state index in [1.54, 1.807) is 11.0 Å². The quantitative estimate of drug-likeness (QED) is 0.713. The van der Waals surface area contributed by atoms with Crippen molar-refractivity contribution in [3.05, 3.63) is 12.3 Å². The maximum absolute atomic E-state index is 11.5. The van der Waals surface area contributed by atoms with E-state index in [1.165, 1.54) is 6.20 Å². The molecule has 1 aliphatic rings. The minimum Gasteiger partial charge on any atom is -0.378 e. The molecule has 0 spiro atoms. The van der Waals surface area contributed by atoms with Crippen LogP contribution in [0, 0.1) is 0 Å². The molecule has 0 atom stereocenters. The zero-order valence-corrected chi connectivity index (χ0v) is 7.60. The minimum absolute atomic E-state index is 0.176. The lowest BCUT2D eigenvalue weighted by atomic mass is 10.4. The molecule has 2 heterocycles. The number of ether oxygens (including phenoxy) is 1. The number of carbonyl (C=O) groups is 1. The summed E-state index contributed by atoms with van der Waals surface area (Å²) in [5.74, 6) is 0.362. The highest BCUT2D eigenvalue weighted by Gasteiger charge is 2.17. The average molecular weight is 197 g/mol. The molecule has 0 unspecified atom stereocenters. The maximum atomic E-state index is 11.5. The van der Waals surface area contributed by atoms with Gasteiger partial charge in [0.25, 0.3) is 0 Å². The number of anilines is 1. The smallest absolute Gasteiger partial charge is 0.324 e. The van der Waals surface area contributed by atoms with Gasteiger partial charge in [-0.05, 0) is 0 Å². The molecule has 0 bridgehead atoms. The van der Waals surface area contributed by atoms with Crippen LogP contribution >= 0.6 is 0 Å². The molecule has 1 aromatic rings. The molecule has 76 valence electrons. The van der Waals surface area contributed by atoms with E-state index in [1.807, 2.05) is 0 Å². The molecule has 1 saturated heterocycles. The fraction of sp³-hybridized carbons (Fsp3) is 0.500. The monoisotopic (exact) mass is 197 g/mol. The molecule has 1 aliphatic heterocycles. The van der Waals surface area contributed by atoms with E-state index < -0.39 is 0 Å². The highest BCUT2D eigenvalue weighted by Crippen LogP contribution is 2.06. The Labute approximate surface area is 80.8 Å². The summed E-state index contributed by atoms with van der Waals surface area (Å²) in [7, 11) is 0. The minimum atomic E-state index is -0.176. The predicted molar refractivity (Wildman–Crippen MR) is 47.9 cm³/mol. The standard InChI is InChI=1S/C8H11N3O3/c12-8(10-7-1-2-9-14-7)11-3-5-13-6-4-11/h1-2H,3-6H2,(H,10,12). The number of morpholine rings is 1. The average Bonchev–Trinajstić information content (AvgIpc) is 2.72. The molecule has 1 N–H and O–H groups in total. The molecule has 1 aromatic heterocycles. The molecule has 14 heavy (non-hydrogen) atoms. The van der Waals surface area contributed by atoms with Gasteiger partial charge in [0, 0.05) is 19.2 Å². The van der Waals surface area contributed by atoms with E-state index in [-0.39, 0.29) is 6.03 Å². The van der Waals surface area contributed by atoms with Crippen LogP contribution in [0.1, 0.15) is 0 Å². The molecular weight excluding hydrogens is 186 g/mol. The number of carbonyl (C=O) groups excluding carboxylic acids is 1. The van der Waals surface area contributed by atoms with E-state index in [2.05, 4.69) is 10.5 Å². The van der Waals surface area contributed by atoms with Crippen LogP contribution in [0.4, 0.5) is 10.7 Å². The second kappa shape index (κ2) is 4.10. The van der Waals surface area contributed by atoms with Crippen LogP contribution in [-0.2, 0) is 4.74 Å². The molecule has 0 aliphatic carbocycles. The lowest BCUT2D eigenvalue weighted by Crippen LogP contribution is -2.42. The summed E-state index contributed by atoms with van der Waals surface area (Å²) in [5, 5.41) is 6.08. The second-order valence-corrected chi connectivity index (χ2v) is 2.91. The highest BCUT2D eigenvalue weighted by molar-refractivity contribution is 5.87. The van der Waals surface area contributed by atoms with E-state index in [4.69, 9.17) is 9.26 Å². The van der Waals surface area contributed by atoms with Gasteiger partial charge in [0.05, 0.1) is 19.4 Å². The SMILES string of the molecule is O=C(Nc1ccno1)N1CCOCC1. The zero-order valence-electron chi connectivity index (χ0n) is 7.60. The third kappa shape index (κ3) is 2.02. The Morgan fingerprint density at radius 3 is 2.93 bits per heavy atom. The Morgan fingerprint density at radius 1 is 1.50 bits per heavy atom. The number of nitrogens with zero attached hydrogens (tertiary/aromatic N) is 2. The lowest BCUT2D eigenvalue weighted by molar-refractivity contribution is 0.0563. The molecular formula is C8H11N3O3. The van der Waals surface area contributed by atoms with Crippen LogP contribution in [0.25, 0.3) is 0 Å². The van der Waals surface area contributed by atoms with Gasteiger partial charge in [0.15, 0.2) is 0 Å². The van der Waals surface area contributed by atoms with Gasteiger partial charge >= 0.3 is 6.03 Å². The maximum Gasteiger partial charge on any atom is 0.324 e. The second-order valence-electron chi connectivity index (χ2n) is 2.91. The van der Waals surface area contributed by atoms with Gasteiger partial charge in [-0.25, -0.2) is 4.79 Å². The summed E-state index contributed by atoms with van der Waals surface area (Å²) < 4.78 is 9.88. The molecule has 6 heteroatoms. The third-order valence-corrected chi connectivity index (χ3v) is 1.97. The van der Waals surface area contributed by atoms with E-state index >= 15 is 0 Å². The van der Waals surface area contributed by atoms with Gasteiger partial charge in [0.2, 0.25) is 5.88 Å². The summed E-state index contributed by atoms with van der Waals surface area (Å²) in [6.07, 6.45) is 1.48. The van der Waals surface area contributed by atoms with Gasteiger partial charge in [-0.15, -0.1) is 0 Å². The number of amides is 2. The van der Waals surface area contributed by atoms with Gasteiger partial charge in [-0.2, -0.15) is 0 Å². The first-order valence-corrected chi connectivity index (χ1v) is 4.40. The largest absolute Gasteiger partial charge is 0.378 e. The third-order valence-electron chi connectivity index (χ3n) is 1.97. The van der Waals surface area contributed by atoms with E-state index in [0.717, 1.165) is 0 Å². The van der Waals surface area contributed by atoms with E-state index in [0.29, 0.717) is 32.2 Å². The number of aromatic nitrogens is 1. The summed E-state index contributed by atoms with van der Waals surface area (Å²) in [6, 6.07) is 1.42. The molecule has 1 fully saturated rings. The van der Waals surface area contributed by atoms with Crippen LogP contribution in [0.3, 0.4) is 0 Å². The van der Waals surface area contributed by atoms with Gasteiger partial charge in [-0.1, -0.05) is 5.16 Å². The number of hydrogen-bond donors (Lipinski definition) is 1. The van der Waals surface area contributed by atoms with Gasteiger partial charge in [0.1, 0.15) is 0 Å². The molecule has 2 amide bonds. The van der Waals surface area contributed by atoms with Crippen molar-refractivity contribution >= 4 is 11.9 Å². The fourth-order valence-corrected chi connectivity index (χ4v) is 1.23. The first kappa shape index (κ1) is 9.01. The molecule has 0 saturated carbocycles. The number of nitrogens with one attached hydrogen (secondary N) is 1. The van der Waals surface area contributed by atoms with Crippen molar-refractivity contribution < 1.29 is 14.1 Å². The summed E-state index contributed by atoms with van der Waals surface area (Å²) in [5.41, 5.74) is 0. The summed E-state index contributed by atoms with van der Waals surface area (Å²) in [4.78, 5) is 13.2. The molecule has 0 radical (unpaired) electrons. The molecule has 2 rings (SSSR count). The van der Waals surface area contributed by atoms with Crippen molar-refractivity contribution in [3.63, 3.8) is 0 Å². The molecule has 0 aromatic carbocycles. The summed E-state index contributed by atoms with van der Waals surface area (Å²) in [6.45, 7) is 2.40. The van der Waals surface area contributed by atoms with Crippen LogP contribution in [0.2, 0.25) is 0 Å². The normalized spacial score (nSPS) is 16.7. The zero-order chi connectivity index (χ0) is 9.80. The fourth-order valence-electron chi connectivity index (χ4n) is 1.23. The van der Waals surface area contributed by atoms with E-state index in [9.17, 15) is 4.79 Å². The van der Waals surface area contributed by atoms with Crippen LogP contribution < -0.4 is 5.32 Å². The first-order chi connectivity index (χ1) is 6.86. The lowest BCUT2D eigenvalue weighted by Gasteiger charge is -2.26. The first-order valence-electron chi connectivity index (χ1n) is 4.40. The number of urea groups is 1. The Kier molecular flexibility index (Phi) is 2.64. The molecule has 6 nitrogen and oxygen atoms in total. The van der Waals surface area contributed by atoms with Crippen molar-refractivity contribution in [2.24, 2.45) is 0 Å². The van der Waals surface area contributed by atoms with Crippen molar-refractivity contribution in [2.75, 3.05) is 31.6 Å². The van der Waals surface area contributed by atoms with Crippen molar-refractivity contribution in [2.45, 2.75) is 0 Å². The highest BCUT2D eigenvalue weighted by atomic mass is 16.5.